The summed E-state index contributed by atoms with van der Waals surface area (Å²) >= 11 is 5.94. The lowest BCUT2D eigenvalue weighted by Crippen LogP contribution is -2.29. The molecule has 2 aromatic heterocycles. The zero-order chi connectivity index (χ0) is 22.8. The molecule has 2 heterocycles. The molecule has 1 aliphatic carbocycles. The van der Waals surface area contributed by atoms with Gasteiger partial charge in [0.05, 0.1) is 23.5 Å². The highest BCUT2D eigenvalue weighted by atomic mass is 35.5. The van der Waals surface area contributed by atoms with Gasteiger partial charge in [0.1, 0.15) is 5.52 Å². The molecule has 170 valence electrons. The summed E-state index contributed by atoms with van der Waals surface area (Å²) in [7, 11) is 0. The molecule has 0 aliphatic heterocycles. The maximum Gasteiger partial charge on any atom is 0.225 e. The summed E-state index contributed by atoms with van der Waals surface area (Å²) in [6, 6.07) is 4.46. The number of amides is 1. The summed E-state index contributed by atoms with van der Waals surface area (Å²) in [4.78, 5) is 25.1. The molecular weight excluding hydrogens is 437 g/mol. The van der Waals surface area contributed by atoms with Gasteiger partial charge in [0, 0.05) is 18.0 Å². The lowest BCUT2D eigenvalue weighted by molar-refractivity contribution is -0.122. The van der Waals surface area contributed by atoms with Crippen molar-refractivity contribution in [2.24, 2.45) is 11.7 Å². The molecule has 5 N–H and O–H groups in total. The van der Waals surface area contributed by atoms with E-state index in [1.54, 1.807) is 18.3 Å². The predicted octanol–water partition coefficient (Wildman–Crippen LogP) is 3.37. The van der Waals surface area contributed by atoms with Crippen molar-refractivity contribution in [2.45, 2.75) is 44.7 Å². The summed E-state index contributed by atoms with van der Waals surface area (Å²) in [5.41, 5.74) is 6.79. The van der Waals surface area contributed by atoms with E-state index in [-0.39, 0.29) is 41.2 Å². The van der Waals surface area contributed by atoms with Crippen molar-refractivity contribution in [1.82, 2.24) is 19.5 Å². The van der Waals surface area contributed by atoms with Crippen molar-refractivity contribution < 1.29 is 14.3 Å². The highest BCUT2D eigenvalue weighted by Crippen LogP contribution is 2.37. The first kappa shape index (κ1) is 22.2. The van der Waals surface area contributed by atoms with Crippen molar-refractivity contribution in [3.8, 4) is 0 Å². The van der Waals surface area contributed by atoms with E-state index in [0.29, 0.717) is 48.7 Å². The van der Waals surface area contributed by atoms with Gasteiger partial charge in [-0.1, -0.05) is 17.7 Å². The number of hydrogen-bond donors (Lipinski definition) is 4. The van der Waals surface area contributed by atoms with Gasteiger partial charge in [0.15, 0.2) is 11.5 Å². The molecular formula is C21H25ClFN7O2. The Bertz CT molecular complexity index is 1130. The Morgan fingerprint density at radius 1 is 1.34 bits per heavy atom. The maximum absolute atomic E-state index is 14.6. The number of nitrogens with two attached hydrogens (primary N) is 1. The van der Waals surface area contributed by atoms with E-state index >= 15 is 0 Å². The van der Waals surface area contributed by atoms with E-state index in [0.717, 1.165) is 0 Å². The van der Waals surface area contributed by atoms with Gasteiger partial charge >= 0.3 is 0 Å². The van der Waals surface area contributed by atoms with Gasteiger partial charge in [-0.25, -0.2) is 14.4 Å². The molecule has 9 nitrogen and oxygen atoms in total. The first-order valence-corrected chi connectivity index (χ1v) is 10.9. The summed E-state index contributed by atoms with van der Waals surface area (Å²) in [5.74, 6) is -0.252. The maximum atomic E-state index is 14.6. The van der Waals surface area contributed by atoms with E-state index in [1.165, 1.54) is 6.07 Å². The summed E-state index contributed by atoms with van der Waals surface area (Å²) < 4.78 is 16.5. The second kappa shape index (κ2) is 9.25. The number of rotatable bonds is 7. The SMILES string of the molecule is CC(CO)Nc1ncc2nc(Nc3cccc(Cl)c3F)n([C@H]3CC[C@@H](C(N)=O)CC3)c2n1. The number of carbonyl (C=O) groups is 1. The van der Waals surface area contributed by atoms with Crippen LogP contribution in [0.1, 0.15) is 38.6 Å². The van der Waals surface area contributed by atoms with Gasteiger partial charge in [-0.15, -0.1) is 0 Å². The third-order valence-corrected chi connectivity index (χ3v) is 6.04. The molecule has 1 fully saturated rings. The minimum atomic E-state index is -0.574. The van der Waals surface area contributed by atoms with E-state index < -0.39 is 5.82 Å². The van der Waals surface area contributed by atoms with Crippen LogP contribution in [-0.2, 0) is 4.79 Å². The topological polar surface area (TPSA) is 131 Å². The quantitative estimate of drug-likeness (QED) is 0.424. The highest BCUT2D eigenvalue weighted by Gasteiger charge is 2.29. The van der Waals surface area contributed by atoms with E-state index in [4.69, 9.17) is 17.3 Å². The van der Waals surface area contributed by atoms with Crippen LogP contribution >= 0.6 is 11.6 Å². The fourth-order valence-corrected chi connectivity index (χ4v) is 4.17. The Morgan fingerprint density at radius 3 is 2.78 bits per heavy atom. The van der Waals surface area contributed by atoms with Crippen LogP contribution in [0.2, 0.25) is 5.02 Å². The molecule has 1 unspecified atom stereocenters. The van der Waals surface area contributed by atoms with E-state index in [9.17, 15) is 14.3 Å². The molecule has 11 heteroatoms. The largest absolute Gasteiger partial charge is 0.394 e. The van der Waals surface area contributed by atoms with Crippen molar-refractivity contribution >= 4 is 46.3 Å². The van der Waals surface area contributed by atoms with Gasteiger partial charge in [-0.05, 0) is 44.7 Å². The summed E-state index contributed by atoms with van der Waals surface area (Å²) in [6.45, 7) is 1.74. The number of anilines is 3. The number of fused-ring (bicyclic) bond motifs is 1. The number of nitrogens with zero attached hydrogens (tertiary/aromatic N) is 4. The van der Waals surface area contributed by atoms with Gasteiger partial charge in [0.2, 0.25) is 17.8 Å². The van der Waals surface area contributed by atoms with Crippen LogP contribution in [-0.4, -0.2) is 43.2 Å². The molecule has 1 saturated carbocycles. The molecule has 0 saturated heterocycles. The number of halogens is 2. The smallest absolute Gasteiger partial charge is 0.225 e. The molecule has 4 rings (SSSR count). The Kier molecular flexibility index (Phi) is 6.43. The first-order valence-electron chi connectivity index (χ1n) is 10.5. The molecule has 0 bridgehead atoms. The molecule has 32 heavy (non-hydrogen) atoms. The van der Waals surface area contributed by atoms with Gasteiger partial charge in [-0.3, -0.25) is 9.36 Å². The molecule has 1 aliphatic rings. The summed E-state index contributed by atoms with van der Waals surface area (Å²) in [6.07, 6.45) is 4.29. The van der Waals surface area contributed by atoms with Crippen LogP contribution in [0.3, 0.4) is 0 Å². The number of imidazole rings is 1. The third-order valence-electron chi connectivity index (χ3n) is 5.74. The highest BCUT2D eigenvalue weighted by molar-refractivity contribution is 6.31. The van der Waals surface area contributed by atoms with Crippen LogP contribution in [0.5, 0.6) is 0 Å². The number of nitrogens with one attached hydrogen (secondary N) is 2. The Balaban J connectivity index is 1.75. The van der Waals surface area contributed by atoms with E-state index in [2.05, 4.69) is 25.6 Å². The lowest BCUT2D eigenvalue weighted by Gasteiger charge is -2.29. The molecule has 1 aromatic carbocycles. The fourth-order valence-electron chi connectivity index (χ4n) is 4.00. The number of carbonyl (C=O) groups excluding carboxylic acids is 1. The second-order valence-corrected chi connectivity index (χ2v) is 8.48. The van der Waals surface area contributed by atoms with Crippen molar-refractivity contribution in [3.05, 3.63) is 35.2 Å². The number of primary amides is 1. The molecule has 3 aromatic rings. The van der Waals surface area contributed by atoms with Gasteiger partial charge in [-0.2, -0.15) is 4.98 Å². The number of aliphatic hydroxyl groups is 1. The van der Waals surface area contributed by atoms with Crippen LogP contribution < -0.4 is 16.4 Å². The third kappa shape index (κ3) is 4.46. The number of benzene rings is 1. The molecule has 0 radical (unpaired) electrons. The van der Waals surface area contributed by atoms with Crippen LogP contribution in [0.15, 0.2) is 24.4 Å². The van der Waals surface area contributed by atoms with Crippen molar-refractivity contribution in [3.63, 3.8) is 0 Å². The fraction of sp³-hybridized carbons (Fsp3) is 0.429. The van der Waals surface area contributed by atoms with Gasteiger partial charge in [0.25, 0.3) is 0 Å². The molecule has 1 amide bonds. The summed E-state index contributed by atoms with van der Waals surface area (Å²) in [5, 5.41) is 15.4. The number of aliphatic hydroxyl groups excluding tert-OH is 1. The normalized spacial score (nSPS) is 19.6. The Hall–Kier alpha value is -2.98. The molecule has 1 atom stereocenters. The zero-order valence-electron chi connectivity index (χ0n) is 17.6. The van der Waals surface area contributed by atoms with Gasteiger partial charge < -0.3 is 21.5 Å². The van der Waals surface area contributed by atoms with Crippen molar-refractivity contribution in [2.75, 3.05) is 17.2 Å². The number of aromatic nitrogens is 4. The van der Waals surface area contributed by atoms with Crippen LogP contribution in [0.4, 0.5) is 22.0 Å². The minimum Gasteiger partial charge on any atom is -0.394 e. The average molecular weight is 462 g/mol. The second-order valence-electron chi connectivity index (χ2n) is 8.07. The minimum absolute atomic E-state index is 0.00361. The monoisotopic (exact) mass is 461 g/mol. The Labute approximate surface area is 189 Å². The van der Waals surface area contributed by atoms with E-state index in [1.807, 2.05) is 11.5 Å². The lowest BCUT2D eigenvalue weighted by atomic mass is 9.85. The average Bonchev–Trinajstić information content (AvgIpc) is 3.14. The number of hydrogen-bond acceptors (Lipinski definition) is 7. The standard InChI is InChI=1S/C21H25ClFN7O2/c1-11(10-31)26-20-25-9-16-19(29-20)30(13-7-5-12(6-8-13)18(24)32)21(28-16)27-15-4-2-3-14(22)17(15)23/h2-4,9,11-13,31H,5-8,10H2,1H3,(H2,24,32)(H,27,28)(H,25,26,29)/t11?,12-,13+. The van der Waals surface area contributed by atoms with Crippen LogP contribution in [0.25, 0.3) is 11.2 Å². The first-order chi connectivity index (χ1) is 15.4. The molecule has 0 spiro atoms. The predicted molar refractivity (Wildman–Crippen MR) is 120 cm³/mol. The Morgan fingerprint density at radius 2 is 2.09 bits per heavy atom. The zero-order valence-corrected chi connectivity index (χ0v) is 18.3. The van der Waals surface area contributed by atoms with Crippen molar-refractivity contribution in [1.29, 1.82) is 0 Å². The van der Waals surface area contributed by atoms with Crippen LogP contribution in [0, 0.1) is 11.7 Å².